The number of ketones is 2. The number of unbranched alkanes of at least 4 members (excludes halogenated alkanes) is 2. The van der Waals surface area contributed by atoms with Gasteiger partial charge in [-0.15, -0.1) is 0 Å². The lowest BCUT2D eigenvalue weighted by Crippen LogP contribution is -2.51. The SMILES string of the molecule is CC(=O)COCC(=O)NCCCCC(NC(=O)COCC(C)=O)C(=O)NC(=O)CNC(=O)COCCCCC(C)(C)C(C)C. The van der Waals surface area contributed by atoms with Crippen molar-refractivity contribution >= 4 is 41.1 Å². The molecule has 0 heterocycles. The second kappa shape index (κ2) is 23.2. The van der Waals surface area contributed by atoms with E-state index in [-0.39, 0.29) is 56.4 Å². The maximum atomic E-state index is 12.8. The molecule has 4 N–H and O–H groups in total. The van der Waals surface area contributed by atoms with Crippen LogP contribution in [0.1, 0.15) is 80.1 Å². The number of carbonyl (C=O) groups is 7. The minimum absolute atomic E-state index is 0.128. The third-order valence-electron chi connectivity index (χ3n) is 6.84. The molecule has 0 spiro atoms. The predicted octanol–water partition coefficient (Wildman–Crippen LogP) is 0.597. The summed E-state index contributed by atoms with van der Waals surface area (Å²) >= 11 is 0. The van der Waals surface area contributed by atoms with Gasteiger partial charge in [-0.2, -0.15) is 0 Å². The summed E-state index contributed by atoms with van der Waals surface area (Å²) in [5, 5.41) is 9.63. The predicted molar refractivity (Wildman–Crippen MR) is 161 cm³/mol. The molecule has 0 bridgehead atoms. The van der Waals surface area contributed by atoms with Crippen molar-refractivity contribution in [3.63, 3.8) is 0 Å². The quantitative estimate of drug-likeness (QED) is 0.104. The molecule has 0 aromatic carbocycles. The molecule has 0 fully saturated rings. The number of hydrogen-bond donors (Lipinski definition) is 4. The van der Waals surface area contributed by atoms with Crippen LogP contribution in [0.4, 0.5) is 0 Å². The molecule has 14 nitrogen and oxygen atoms in total. The van der Waals surface area contributed by atoms with E-state index >= 15 is 0 Å². The van der Waals surface area contributed by atoms with Gasteiger partial charge >= 0.3 is 0 Å². The maximum Gasteiger partial charge on any atom is 0.249 e. The molecule has 1 atom stereocenters. The fourth-order valence-corrected chi connectivity index (χ4v) is 3.57. The van der Waals surface area contributed by atoms with Crippen LogP contribution in [-0.4, -0.2) is 99.9 Å². The Morgan fingerprint density at radius 3 is 1.82 bits per heavy atom. The summed E-state index contributed by atoms with van der Waals surface area (Å²) in [6.07, 6.45) is 3.80. The summed E-state index contributed by atoms with van der Waals surface area (Å²) < 4.78 is 15.3. The van der Waals surface area contributed by atoms with Crippen LogP contribution in [-0.2, 0) is 47.8 Å². The molecule has 0 aliphatic carbocycles. The van der Waals surface area contributed by atoms with Gasteiger partial charge in [-0.3, -0.25) is 38.9 Å². The van der Waals surface area contributed by atoms with Crippen molar-refractivity contribution in [1.82, 2.24) is 21.3 Å². The molecule has 0 aliphatic heterocycles. The van der Waals surface area contributed by atoms with Crippen molar-refractivity contribution in [1.29, 1.82) is 0 Å². The zero-order chi connectivity index (χ0) is 33.5. The highest BCUT2D eigenvalue weighted by molar-refractivity contribution is 6.00. The summed E-state index contributed by atoms with van der Waals surface area (Å²) in [4.78, 5) is 82.9. The number of amides is 5. The van der Waals surface area contributed by atoms with Gasteiger partial charge in [0.05, 0.1) is 6.54 Å². The lowest BCUT2D eigenvalue weighted by Gasteiger charge is -2.29. The smallest absolute Gasteiger partial charge is 0.249 e. The van der Waals surface area contributed by atoms with Gasteiger partial charge in [0.1, 0.15) is 39.1 Å². The Labute approximate surface area is 260 Å². The maximum absolute atomic E-state index is 12.8. The molecular weight excluding hydrogens is 576 g/mol. The molecule has 0 rings (SSSR count). The van der Waals surface area contributed by atoms with Gasteiger partial charge in [0.25, 0.3) is 0 Å². The number of carbonyl (C=O) groups excluding carboxylic acids is 7. The summed E-state index contributed by atoms with van der Waals surface area (Å²) in [5.74, 6) is -3.03. The topological polar surface area (TPSA) is 195 Å². The van der Waals surface area contributed by atoms with Crippen molar-refractivity contribution in [2.45, 2.75) is 86.1 Å². The molecule has 0 aliphatic rings. The van der Waals surface area contributed by atoms with Crippen LogP contribution in [0.5, 0.6) is 0 Å². The number of Topliss-reactive ketones (excluding diaryl/α,β-unsaturated/α-hetero) is 2. The Morgan fingerprint density at radius 1 is 0.659 bits per heavy atom. The van der Waals surface area contributed by atoms with Crippen LogP contribution >= 0.6 is 0 Å². The number of hydrogen-bond acceptors (Lipinski definition) is 10. The standard InChI is InChI=1S/C30H52N4O10/c1-21(2)30(5,6)12-8-10-14-42-18-27(39)32-15-25(37)34-29(41)24(33-28(40)20-44-17-23(4)36)11-7-9-13-31-26(38)19-43-16-22(3)35/h21,24H,7-20H2,1-6H3,(H,31,38)(H,32,39)(H,33,40)(H,34,37,41). The molecule has 252 valence electrons. The van der Waals surface area contributed by atoms with Gasteiger partial charge in [-0.25, -0.2) is 0 Å². The molecule has 44 heavy (non-hydrogen) atoms. The van der Waals surface area contributed by atoms with E-state index < -0.39 is 48.7 Å². The molecule has 0 radical (unpaired) electrons. The molecular formula is C30H52N4O10. The summed E-state index contributed by atoms with van der Waals surface area (Å²) in [7, 11) is 0. The first kappa shape index (κ1) is 40.8. The average molecular weight is 629 g/mol. The monoisotopic (exact) mass is 628 g/mol. The number of nitrogens with one attached hydrogen (secondary N) is 4. The summed E-state index contributed by atoms with van der Waals surface area (Å²) in [6.45, 7) is 10.3. The van der Waals surface area contributed by atoms with Crippen molar-refractivity contribution < 1.29 is 47.8 Å². The number of ether oxygens (including phenoxy) is 3. The Kier molecular flexibility index (Phi) is 21.5. The van der Waals surface area contributed by atoms with Crippen LogP contribution in [0.2, 0.25) is 0 Å². The number of rotatable bonds is 25. The van der Waals surface area contributed by atoms with Gasteiger partial charge in [0, 0.05) is 13.2 Å². The third-order valence-corrected chi connectivity index (χ3v) is 6.84. The van der Waals surface area contributed by atoms with E-state index in [2.05, 4.69) is 49.0 Å². The van der Waals surface area contributed by atoms with Gasteiger partial charge in [0.2, 0.25) is 29.5 Å². The molecule has 0 saturated carbocycles. The highest BCUT2D eigenvalue weighted by Crippen LogP contribution is 2.31. The normalized spacial score (nSPS) is 11.9. The van der Waals surface area contributed by atoms with Gasteiger partial charge in [-0.05, 0) is 57.3 Å². The van der Waals surface area contributed by atoms with Crippen LogP contribution in [0, 0.1) is 11.3 Å². The van der Waals surface area contributed by atoms with Crippen LogP contribution in [0.15, 0.2) is 0 Å². The Balaban J connectivity index is 4.59. The molecule has 1 unspecified atom stereocenters. The summed E-state index contributed by atoms with van der Waals surface area (Å²) in [5.41, 5.74) is 0.235. The van der Waals surface area contributed by atoms with Crippen molar-refractivity contribution in [3.8, 4) is 0 Å². The van der Waals surface area contributed by atoms with E-state index in [0.29, 0.717) is 25.4 Å². The zero-order valence-electron chi connectivity index (χ0n) is 27.1. The Morgan fingerprint density at radius 2 is 1.23 bits per heavy atom. The molecule has 0 aromatic rings. The number of imide groups is 1. The molecule has 0 saturated heterocycles. The van der Waals surface area contributed by atoms with E-state index in [4.69, 9.17) is 14.2 Å². The van der Waals surface area contributed by atoms with E-state index in [1.54, 1.807) is 0 Å². The van der Waals surface area contributed by atoms with Crippen LogP contribution < -0.4 is 21.3 Å². The van der Waals surface area contributed by atoms with Crippen molar-refractivity contribution in [3.05, 3.63) is 0 Å². The molecule has 0 aromatic heterocycles. The first-order valence-corrected chi connectivity index (χ1v) is 15.0. The Hall–Kier alpha value is -3.23. The summed E-state index contributed by atoms with van der Waals surface area (Å²) in [6, 6.07) is -1.11. The zero-order valence-corrected chi connectivity index (χ0v) is 27.1. The van der Waals surface area contributed by atoms with Crippen LogP contribution in [0.25, 0.3) is 0 Å². The van der Waals surface area contributed by atoms with Gasteiger partial charge < -0.3 is 30.2 Å². The average Bonchev–Trinajstić information content (AvgIpc) is 2.92. The van der Waals surface area contributed by atoms with E-state index in [1.165, 1.54) is 13.8 Å². The van der Waals surface area contributed by atoms with Crippen LogP contribution in [0.3, 0.4) is 0 Å². The third kappa shape index (κ3) is 22.3. The first-order valence-electron chi connectivity index (χ1n) is 15.0. The molecule has 14 heteroatoms. The van der Waals surface area contributed by atoms with Crippen molar-refractivity contribution in [2.24, 2.45) is 11.3 Å². The van der Waals surface area contributed by atoms with E-state index in [9.17, 15) is 33.6 Å². The largest absolute Gasteiger partial charge is 0.372 e. The second-order valence-corrected chi connectivity index (χ2v) is 11.7. The fourth-order valence-electron chi connectivity index (χ4n) is 3.57. The minimum atomic E-state index is -1.11. The fraction of sp³-hybridized carbons (Fsp3) is 0.767. The van der Waals surface area contributed by atoms with Gasteiger partial charge in [-0.1, -0.05) is 34.1 Å². The van der Waals surface area contributed by atoms with Crippen molar-refractivity contribution in [2.75, 3.05) is 52.7 Å². The van der Waals surface area contributed by atoms with Gasteiger partial charge in [0.15, 0.2) is 11.6 Å². The first-order chi connectivity index (χ1) is 20.6. The second-order valence-electron chi connectivity index (χ2n) is 11.7. The lowest BCUT2D eigenvalue weighted by atomic mass is 9.77. The Bertz CT molecular complexity index is 952. The van der Waals surface area contributed by atoms with E-state index in [0.717, 1.165) is 19.3 Å². The lowest BCUT2D eigenvalue weighted by molar-refractivity contribution is -0.137. The highest BCUT2D eigenvalue weighted by atomic mass is 16.5. The molecule has 5 amide bonds. The highest BCUT2D eigenvalue weighted by Gasteiger charge is 2.23. The van der Waals surface area contributed by atoms with E-state index in [1.807, 2.05) is 0 Å². The minimum Gasteiger partial charge on any atom is -0.372 e.